The molecule has 4 N–H and O–H groups in total. The van der Waals surface area contributed by atoms with Gasteiger partial charge in [0.05, 0.1) is 0 Å². The van der Waals surface area contributed by atoms with Gasteiger partial charge in [-0.2, -0.15) is 0 Å². The minimum absolute atomic E-state index is 0.210. The Balaban J connectivity index is 2.90. The van der Waals surface area contributed by atoms with Crippen LogP contribution in [0.2, 0.25) is 5.02 Å². The first-order valence-corrected chi connectivity index (χ1v) is 9.27. The quantitative estimate of drug-likeness (QED) is 0.445. The number of halogens is 1. The van der Waals surface area contributed by atoms with Crippen LogP contribution in [0.15, 0.2) is 18.2 Å². The van der Waals surface area contributed by atoms with Crippen LogP contribution in [0.3, 0.4) is 0 Å². The summed E-state index contributed by atoms with van der Waals surface area (Å²) in [7, 11) is 3.74. The molecule has 0 aliphatic rings. The highest BCUT2D eigenvalue weighted by atomic mass is 35.5. The average molecular weight is 413 g/mol. The molecule has 8 nitrogen and oxygen atoms in total. The van der Waals surface area contributed by atoms with E-state index in [-0.39, 0.29) is 17.7 Å². The normalized spacial score (nSPS) is 12.4. The largest absolute Gasteiger partial charge is 0.444 e. The molecule has 9 heteroatoms. The molecule has 1 unspecified atom stereocenters. The molecule has 1 rings (SSSR count). The van der Waals surface area contributed by atoms with E-state index in [0.717, 1.165) is 0 Å². The van der Waals surface area contributed by atoms with Gasteiger partial charge >= 0.3 is 6.09 Å². The summed E-state index contributed by atoms with van der Waals surface area (Å²) in [5.41, 5.74) is 5.56. The number of ether oxygens (including phenoxy) is 1. The van der Waals surface area contributed by atoms with Crippen LogP contribution in [-0.4, -0.2) is 61.5 Å². The number of amides is 2. The summed E-state index contributed by atoms with van der Waals surface area (Å²) < 4.78 is 5.20. The van der Waals surface area contributed by atoms with E-state index in [9.17, 15) is 14.4 Å². The standard InChI is InChI=1S/C19H29ClN4O4/c1-19(2,3)28-18(27)23-15(17(26)22-8-9-24(4)5)11-16(25)13-7-6-12(20)10-14(13)21/h6-7,10,15H,8-9,11,21H2,1-5H3,(H,22,26)(H,23,27). The number of ketones is 1. The fraction of sp³-hybridized carbons (Fsp3) is 0.526. The first-order chi connectivity index (χ1) is 12.9. The number of hydrogen-bond acceptors (Lipinski definition) is 6. The van der Waals surface area contributed by atoms with Gasteiger partial charge in [0.2, 0.25) is 5.91 Å². The predicted molar refractivity (Wildman–Crippen MR) is 110 cm³/mol. The van der Waals surface area contributed by atoms with E-state index in [0.29, 0.717) is 18.1 Å². The number of hydrogen-bond donors (Lipinski definition) is 3. The molecule has 0 bridgehead atoms. The summed E-state index contributed by atoms with van der Waals surface area (Å²) in [6.45, 7) is 6.10. The summed E-state index contributed by atoms with van der Waals surface area (Å²) in [5.74, 6) is -0.869. The Morgan fingerprint density at radius 2 is 1.89 bits per heavy atom. The number of nitrogens with zero attached hydrogens (tertiary/aromatic N) is 1. The van der Waals surface area contributed by atoms with Gasteiger partial charge in [-0.15, -0.1) is 0 Å². The summed E-state index contributed by atoms with van der Waals surface area (Å²) in [6, 6.07) is 3.40. The van der Waals surface area contributed by atoms with Gasteiger partial charge < -0.3 is 26.0 Å². The monoisotopic (exact) mass is 412 g/mol. The molecule has 0 saturated carbocycles. The lowest BCUT2D eigenvalue weighted by atomic mass is 10.0. The van der Waals surface area contributed by atoms with E-state index >= 15 is 0 Å². The number of anilines is 1. The molecule has 1 aromatic rings. The van der Waals surface area contributed by atoms with Crippen LogP contribution in [0.25, 0.3) is 0 Å². The van der Waals surface area contributed by atoms with Gasteiger partial charge in [0.1, 0.15) is 11.6 Å². The van der Waals surface area contributed by atoms with Gasteiger partial charge in [-0.05, 0) is 53.1 Å². The van der Waals surface area contributed by atoms with Gasteiger partial charge in [0.25, 0.3) is 0 Å². The maximum absolute atomic E-state index is 12.6. The molecule has 2 amide bonds. The fourth-order valence-corrected chi connectivity index (χ4v) is 2.45. The van der Waals surface area contributed by atoms with Gasteiger partial charge in [-0.25, -0.2) is 4.79 Å². The maximum atomic E-state index is 12.6. The summed E-state index contributed by atoms with van der Waals surface area (Å²) >= 11 is 5.86. The van der Waals surface area contributed by atoms with Crippen LogP contribution >= 0.6 is 11.6 Å². The number of carbonyl (C=O) groups excluding carboxylic acids is 3. The second kappa shape index (κ2) is 10.3. The van der Waals surface area contributed by atoms with Crippen molar-refractivity contribution in [2.24, 2.45) is 0 Å². The van der Waals surface area contributed by atoms with Gasteiger partial charge in [-0.3, -0.25) is 9.59 Å². The molecule has 0 saturated heterocycles. The van der Waals surface area contributed by atoms with Crippen molar-refractivity contribution >= 4 is 35.1 Å². The molecule has 0 spiro atoms. The SMILES string of the molecule is CN(C)CCNC(=O)C(CC(=O)c1ccc(Cl)cc1N)NC(=O)OC(C)(C)C. The number of alkyl carbamates (subject to hydrolysis) is 1. The highest BCUT2D eigenvalue weighted by Crippen LogP contribution is 2.20. The van der Waals surface area contributed by atoms with Crippen molar-refractivity contribution in [3.05, 3.63) is 28.8 Å². The van der Waals surface area contributed by atoms with E-state index in [1.807, 2.05) is 19.0 Å². The number of likely N-dealkylation sites (N-methyl/N-ethyl adjacent to an activating group) is 1. The predicted octanol–water partition coefficient (Wildman–Crippen LogP) is 2.07. The van der Waals surface area contributed by atoms with Crippen LogP contribution in [-0.2, 0) is 9.53 Å². The van der Waals surface area contributed by atoms with E-state index in [4.69, 9.17) is 22.1 Å². The zero-order valence-electron chi connectivity index (χ0n) is 17.0. The minimum atomic E-state index is -1.10. The second-order valence-corrected chi connectivity index (χ2v) is 8.09. The third-order valence-corrected chi connectivity index (χ3v) is 3.80. The van der Waals surface area contributed by atoms with Crippen molar-refractivity contribution in [3.63, 3.8) is 0 Å². The van der Waals surface area contributed by atoms with Crippen LogP contribution < -0.4 is 16.4 Å². The summed E-state index contributed by atoms with van der Waals surface area (Å²) in [5, 5.41) is 5.58. The number of rotatable bonds is 8. The third kappa shape index (κ3) is 8.58. The van der Waals surface area contributed by atoms with Crippen molar-refractivity contribution in [1.82, 2.24) is 15.5 Å². The smallest absolute Gasteiger partial charge is 0.408 e. The zero-order chi connectivity index (χ0) is 21.5. The van der Waals surface area contributed by atoms with Crippen molar-refractivity contribution < 1.29 is 19.1 Å². The Hall–Kier alpha value is -2.32. The first kappa shape index (κ1) is 23.7. The molecule has 1 aromatic carbocycles. The molecule has 0 aliphatic heterocycles. The van der Waals surface area contributed by atoms with E-state index in [1.54, 1.807) is 26.8 Å². The summed E-state index contributed by atoms with van der Waals surface area (Å²) in [6.07, 6.45) is -1.05. The van der Waals surface area contributed by atoms with Gasteiger partial charge in [0.15, 0.2) is 5.78 Å². The molecule has 28 heavy (non-hydrogen) atoms. The molecule has 0 radical (unpaired) electrons. The van der Waals surface area contributed by atoms with Crippen molar-refractivity contribution in [1.29, 1.82) is 0 Å². The number of benzene rings is 1. The highest BCUT2D eigenvalue weighted by molar-refractivity contribution is 6.31. The van der Waals surface area contributed by atoms with Gasteiger partial charge in [-0.1, -0.05) is 11.6 Å². The first-order valence-electron chi connectivity index (χ1n) is 8.89. The maximum Gasteiger partial charge on any atom is 0.408 e. The molecular weight excluding hydrogens is 384 g/mol. The molecule has 156 valence electrons. The molecule has 1 atom stereocenters. The zero-order valence-corrected chi connectivity index (χ0v) is 17.7. The Labute approximate surface area is 170 Å². The lowest BCUT2D eigenvalue weighted by molar-refractivity contribution is -0.123. The molecule has 0 aromatic heterocycles. The lowest BCUT2D eigenvalue weighted by Gasteiger charge is -2.23. The average Bonchev–Trinajstić information content (AvgIpc) is 2.51. The number of nitrogens with one attached hydrogen (secondary N) is 2. The van der Waals surface area contributed by atoms with E-state index in [2.05, 4.69) is 10.6 Å². The van der Waals surface area contributed by atoms with Crippen molar-refractivity contribution in [3.8, 4) is 0 Å². The number of nitrogens with two attached hydrogens (primary N) is 1. The number of nitrogen functional groups attached to an aromatic ring is 1. The Bertz CT molecular complexity index is 716. The van der Waals surface area contributed by atoms with Crippen molar-refractivity contribution in [2.75, 3.05) is 32.9 Å². The molecular formula is C19H29ClN4O4. The van der Waals surface area contributed by atoms with Crippen LogP contribution in [0.1, 0.15) is 37.6 Å². The van der Waals surface area contributed by atoms with Crippen LogP contribution in [0, 0.1) is 0 Å². The van der Waals surface area contributed by atoms with Crippen LogP contribution in [0.5, 0.6) is 0 Å². The third-order valence-electron chi connectivity index (χ3n) is 3.57. The lowest BCUT2D eigenvalue weighted by Crippen LogP contribution is -2.50. The molecule has 0 fully saturated rings. The Kier molecular flexibility index (Phi) is 8.71. The number of Topliss-reactive ketones (excluding diaryl/α,β-unsaturated/α-hetero) is 1. The summed E-state index contributed by atoms with van der Waals surface area (Å²) in [4.78, 5) is 39.2. The Morgan fingerprint density at radius 3 is 2.43 bits per heavy atom. The van der Waals surface area contributed by atoms with Crippen molar-refractivity contribution in [2.45, 2.75) is 38.8 Å². The minimum Gasteiger partial charge on any atom is -0.444 e. The Morgan fingerprint density at radius 1 is 1.25 bits per heavy atom. The van der Waals surface area contributed by atoms with E-state index in [1.165, 1.54) is 12.1 Å². The highest BCUT2D eigenvalue weighted by Gasteiger charge is 2.27. The van der Waals surface area contributed by atoms with Crippen LogP contribution in [0.4, 0.5) is 10.5 Å². The van der Waals surface area contributed by atoms with Gasteiger partial charge in [0, 0.05) is 35.8 Å². The molecule has 0 heterocycles. The second-order valence-electron chi connectivity index (χ2n) is 7.65. The topological polar surface area (TPSA) is 114 Å². The molecule has 0 aliphatic carbocycles. The van der Waals surface area contributed by atoms with E-state index < -0.39 is 29.4 Å². The fourth-order valence-electron chi connectivity index (χ4n) is 2.27. The number of carbonyl (C=O) groups is 3.